The van der Waals surface area contributed by atoms with E-state index in [2.05, 4.69) is 20.0 Å². The van der Waals surface area contributed by atoms with Crippen molar-refractivity contribution in [3.05, 3.63) is 36.9 Å². The summed E-state index contributed by atoms with van der Waals surface area (Å²) in [5.74, 6) is 0.422. The number of sulfone groups is 1. The van der Waals surface area contributed by atoms with Crippen molar-refractivity contribution in [1.82, 2.24) is 24.5 Å². The summed E-state index contributed by atoms with van der Waals surface area (Å²) >= 11 is 0. The molecular weight excluding hydrogens is 430 g/mol. The van der Waals surface area contributed by atoms with Crippen molar-refractivity contribution in [2.75, 3.05) is 43.1 Å². The third-order valence-electron chi connectivity index (χ3n) is 6.39. The van der Waals surface area contributed by atoms with Crippen LogP contribution in [0.3, 0.4) is 0 Å². The lowest BCUT2D eigenvalue weighted by molar-refractivity contribution is -0.139. The number of hydrogen-bond acceptors (Lipinski definition) is 8. The third-order valence-corrected chi connectivity index (χ3v) is 7.90. The Morgan fingerprint density at radius 1 is 1.19 bits per heavy atom. The minimum Gasteiger partial charge on any atom is -0.382 e. The average Bonchev–Trinajstić information content (AvgIpc) is 3.11. The molecule has 3 aromatic rings. The fraction of sp³-hybridized carbons (Fsp3) is 0.429. The quantitative estimate of drug-likeness (QED) is 0.613. The van der Waals surface area contributed by atoms with Crippen LogP contribution in [-0.4, -0.2) is 76.5 Å². The van der Waals surface area contributed by atoms with Crippen LogP contribution in [-0.2, 0) is 14.6 Å². The molecule has 168 valence electrons. The lowest BCUT2D eigenvalue weighted by atomic mass is 9.93. The molecule has 2 aliphatic rings. The van der Waals surface area contributed by atoms with Gasteiger partial charge in [0.05, 0.1) is 5.25 Å². The van der Waals surface area contributed by atoms with Gasteiger partial charge in [-0.15, -0.1) is 5.10 Å². The number of rotatable bonds is 4. The van der Waals surface area contributed by atoms with Gasteiger partial charge in [-0.05, 0) is 18.9 Å². The zero-order valence-corrected chi connectivity index (χ0v) is 18.6. The molecule has 0 bridgehead atoms. The summed E-state index contributed by atoms with van der Waals surface area (Å²) in [6.45, 7) is 2.11. The molecule has 32 heavy (non-hydrogen) atoms. The Labute approximate surface area is 186 Å². The number of pyridine rings is 1. The monoisotopic (exact) mass is 455 g/mol. The van der Waals surface area contributed by atoms with E-state index >= 15 is 0 Å². The minimum atomic E-state index is -3.08. The molecular formula is C21H25N7O3S. The van der Waals surface area contributed by atoms with Gasteiger partial charge >= 0.3 is 0 Å². The molecule has 5 heterocycles. The molecule has 0 atom stereocenters. The number of piperidine rings is 1. The first-order valence-electron chi connectivity index (χ1n) is 10.6. The van der Waals surface area contributed by atoms with Crippen molar-refractivity contribution in [1.29, 1.82) is 0 Å². The van der Waals surface area contributed by atoms with Crippen LogP contribution in [0, 0.1) is 5.92 Å². The molecule has 3 aromatic heterocycles. The normalized spacial score (nSPS) is 18.2. The van der Waals surface area contributed by atoms with E-state index in [1.807, 2.05) is 18.5 Å². The number of likely N-dealkylation sites (tertiary alicyclic amines) is 1. The van der Waals surface area contributed by atoms with Crippen molar-refractivity contribution in [2.45, 2.75) is 18.1 Å². The van der Waals surface area contributed by atoms with Crippen LogP contribution in [0.4, 0.5) is 11.5 Å². The molecule has 0 spiro atoms. The number of nitrogens with two attached hydrogens (primary N) is 1. The van der Waals surface area contributed by atoms with Gasteiger partial charge in [-0.1, -0.05) is 0 Å². The molecule has 0 saturated carbocycles. The summed E-state index contributed by atoms with van der Waals surface area (Å²) < 4.78 is 24.9. The molecule has 2 saturated heterocycles. The number of hydrogen-bond donors (Lipinski definition) is 1. The second-order valence-corrected chi connectivity index (χ2v) is 10.9. The van der Waals surface area contributed by atoms with Crippen molar-refractivity contribution < 1.29 is 13.2 Å². The number of carbonyl (C=O) groups is 1. The summed E-state index contributed by atoms with van der Waals surface area (Å²) in [5.41, 5.74) is 9.32. The molecule has 2 aliphatic heterocycles. The molecule has 5 rings (SSSR count). The van der Waals surface area contributed by atoms with Gasteiger partial charge in [0.15, 0.2) is 15.5 Å². The molecule has 10 nitrogen and oxygen atoms in total. The van der Waals surface area contributed by atoms with E-state index in [-0.39, 0.29) is 11.8 Å². The molecule has 0 aliphatic carbocycles. The number of carbonyl (C=O) groups excluding carboxylic acids is 1. The zero-order valence-electron chi connectivity index (χ0n) is 17.8. The highest BCUT2D eigenvalue weighted by Gasteiger charge is 2.40. The third kappa shape index (κ3) is 3.77. The molecule has 2 fully saturated rings. The lowest BCUT2D eigenvalue weighted by Crippen LogP contribution is -2.58. The van der Waals surface area contributed by atoms with E-state index in [0.717, 1.165) is 42.7 Å². The van der Waals surface area contributed by atoms with E-state index < -0.39 is 15.1 Å². The van der Waals surface area contributed by atoms with Crippen LogP contribution >= 0.6 is 0 Å². The van der Waals surface area contributed by atoms with Gasteiger partial charge in [0.25, 0.3) is 0 Å². The van der Waals surface area contributed by atoms with Gasteiger partial charge < -0.3 is 15.5 Å². The Balaban J connectivity index is 1.29. The SMILES string of the molecule is CS(=O)(=O)C1CN(C(=O)C2CCN(c3ccncc3-c3cnc4cc(N)nn4c3)CC2)C1. The summed E-state index contributed by atoms with van der Waals surface area (Å²) in [6, 6.07) is 3.69. The first kappa shape index (κ1) is 20.7. The molecule has 0 radical (unpaired) electrons. The topological polar surface area (TPSA) is 127 Å². The Morgan fingerprint density at radius 3 is 2.66 bits per heavy atom. The molecule has 2 N–H and O–H groups in total. The van der Waals surface area contributed by atoms with E-state index in [0.29, 0.717) is 24.6 Å². The van der Waals surface area contributed by atoms with Crippen LogP contribution in [0.2, 0.25) is 0 Å². The predicted octanol–water partition coefficient (Wildman–Crippen LogP) is 0.845. The van der Waals surface area contributed by atoms with Crippen LogP contribution in [0.5, 0.6) is 0 Å². The standard InChI is InChI=1S/C21H25N7O3S/c1-32(30,31)16-12-27(13-16)21(29)14-3-6-26(7-4-14)18-2-5-23-10-17(18)15-9-24-20-8-19(22)25-28(20)11-15/h2,5,8-11,14,16H,3-4,6-7,12-13H2,1H3,(H2,22,25). The van der Waals surface area contributed by atoms with Crippen molar-refractivity contribution in [3.8, 4) is 11.1 Å². The van der Waals surface area contributed by atoms with E-state index in [9.17, 15) is 13.2 Å². The van der Waals surface area contributed by atoms with Crippen LogP contribution in [0.1, 0.15) is 12.8 Å². The molecule has 1 amide bonds. The van der Waals surface area contributed by atoms with E-state index in [4.69, 9.17) is 5.73 Å². The summed E-state index contributed by atoms with van der Waals surface area (Å²) in [4.78, 5) is 25.5. The number of amides is 1. The number of fused-ring (bicyclic) bond motifs is 1. The van der Waals surface area contributed by atoms with E-state index in [1.165, 1.54) is 6.26 Å². The molecule has 0 aromatic carbocycles. The first-order valence-corrected chi connectivity index (χ1v) is 12.5. The highest BCUT2D eigenvalue weighted by Crippen LogP contribution is 2.33. The Hall–Kier alpha value is -3.21. The van der Waals surface area contributed by atoms with Gasteiger partial charge in [0.1, 0.15) is 5.82 Å². The van der Waals surface area contributed by atoms with Crippen molar-refractivity contribution in [3.63, 3.8) is 0 Å². The van der Waals surface area contributed by atoms with E-state index in [1.54, 1.807) is 27.9 Å². The van der Waals surface area contributed by atoms with Crippen molar-refractivity contribution >= 4 is 32.9 Å². The summed E-state index contributed by atoms with van der Waals surface area (Å²) in [5, 5.41) is 3.82. The van der Waals surface area contributed by atoms with Gasteiger partial charge in [-0.2, -0.15) is 0 Å². The average molecular weight is 456 g/mol. The fourth-order valence-corrected chi connectivity index (χ4v) is 5.34. The fourth-order valence-electron chi connectivity index (χ4n) is 4.43. The maximum Gasteiger partial charge on any atom is 0.225 e. The number of nitrogens with zero attached hydrogens (tertiary/aromatic N) is 6. The maximum atomic E-state index is 12.8. The highest BCUT2D eigenvalue weighted by molar-refractivity contribution is 7.91. The molecule has 0 unspecified atom stereocenters. The smallest absolute Gasteiger partial charge is 0.225 e. The highest BCUT2D eigenvalue weighted by atomic mass is 32.2. The number of aromatic nitrogens is 4. The van der Waals surface area contributed by atoms with Gasteiger partial charge in [0.2, 0.25) is 5.91 Å². The van der Waals surface area contributed by atoms with Gasteiger partial charge in [0, 0.05) is 86.0 Å². The van der Waals surface area contributed by atoms with Crippen molar-refractivity contribution in [2.24, 2.45) is 5.92 Å². The molecule has 11 heteroatoms. The largest absolute Gasteiger partial charge is 0.382 e. The van der Waals surface area contributed by atoms with Gasteiger partial charge in [-0.25, -0.2) is 17.9 Å². The van der Waals surface area contributed by atoms with Crippen LogP contribution in [0.15, 0.2) is 36.9 Å². The maximum absolute atomic E-state index is 12.8. The van der Waals surface area contributed by atoms with Gasteiger partial charge in [-0.3, -0.25) is 9.78 Å². The second-order valence-electron chi connectivity index (χ2n) is 8.56. The number of nitrogen functional groups attached to an aromatic ring is 1. The minimum absolute atomic E-state index is 0.0675. The van der Waals surface area contributed by atoms with Crippen LogP contribution in [0.25, 0.3) is 16.8 Å². The summed E-state index contributed by atoms with van der Waals surface area (Å²) in [6.07, 6.45) is 9.94. The first-order chi connectivity index (χ1) is 15.3. The second kappa shape index (κ2) is 7.73. The zero-order chi connectivity index (χ0) is 22.5. The summed E-state index contributed by atoms with van der Waals surface area (Å²) in [7, 11) is -3.08. The predicted molar refractivity (Wildman–Crippen MR) is 121 cm³/mol. The number of anilines is 2. The Morgan fingerprint density at radius 2 is 1.94 bits per heavy atom. The Kier molecular flexibility index (Phi) is 5.00. The van der Waals surface area contributed by atoms with Crippen LogP contribution < -0.4 is 10.6 Å². The lowest BCUT2D eigenvalue weighted by Gasteiger charge is -2.42. The Bertz CT molecular complexity index is 1280.